The van der Waals surface area contributed by atoms with Gasteiger partial charge in [-0.15, -0.1) is 0 Å². The largest absolute Gasteiger partial charge is 0.310 e. The molecular weight excluding hydrogens is 277 g/mol. The number of nitrogens with one attached hydrogen (secondary N) is 1. The highest BCUT2D eigenvalue weighted by Gasteiger charge is 2.09. The van der Waals surface area contributed by atoms with Crippen molar-refractivity contribution in [1.82, 2.24) is 5.32 Å². The van der Waals surface area contributed by atoms with Crippen molar-refractivity contribution in [2.45, 2.75) is 58.4 Å². The van der Waals surface area contributed by atoms with Crippen LogP contribution < -0.4 is 5.32 Å². The van der Waals surface area contributed by atoms with Gasteiger partial charge in [0.1, 0.15) is 0 Å². The van der Waals surface area contributed by atoms with Gasteiger partial charge in [-0.2, -0.15) is 0 Å². The fourth-order valence-electron chi connectivity index (χ4n) is 2.18. The lowest BCUT2D eigenvalue weighted by Gasteiger charge is -2.16. The van der Waals surface area contributed by atoms with Gasteiger partial charge in [0.05, 0.1) is 0 Å². The highest BCUT2D eigenvalue weighted by Crippen LogP contribution is 2.26. The third kappa shape index (κ3) is 6.65. The predicted molar refractivity (Wildman–Crippen MR) is 86.3 cm³/mol. The summed E-state index contributed by atoms with van der Waals surface area (Å²) in [6.45, 7) is 5.42. The minimum atomic E-state index is 0.252. The molecule has 1 unspecified atom stereocenters. The molecular formula is C16H25Cl2N. The molecule has 3 heteroatoms. The highest BCUT2D eigenvalue weighted by atomic mass is 35.5. The standard InChI is InChI=1S/C16H25Cl2N/c1-3-4-5-6-7-8-11-19-13(2)15-12-14(17)9-10-16(15)18/h9-10,12-13,19H,3-8,11H2,1-2H3. The van der Waals surface area contributed by atoms with Crippen LogP contribution in [0.4, 0.5) is 0 Å². The Morgan fingerprint density at radius 2 is 1.74 bits per heavy atom. The number of halogens is 2. The zero-order valence-electron chi connectivity index (χ0n) is 12.0. The van der Waals surface area contributed by atoms with E-state index in [2.05, 4.69) is 19.2 Å². The van der Waals surface area contributed by atoms with Crippen LogP contribution in [0.1, 0.15) is 64.0 Å². The summed E-state index contributed by atoms with van der Waals surface area (Å²) in [5, 5.41) is 5.04. The maximum atomic E-state index is 6.19. The molecule has 108 valence electrons. The van der Waals surface area contributed by atoms with Crippen molar-refractivity contribution in [3.05, 3.63) is 33.8 Å². The topological polar surface area (TPSA) is 12.0 Å². The molecule has 0 saturated heterocycles. The summed E-state index contributed by atoms with van der Waals surface area (Å²) in [7, 11) is 0. The zero-order valence-corrected chi connectivity index (χ0v) is 13.5. The van der Waals surface area contributed by atoms with Crippen LogP contribution in [0.15, 0.2) is 18.2 Å². The van der Waals surface area contributed by atoms with Crippen molar-refractivity contribution in [3.8, 4) is 0 Å². The average Bonchev–Trinajstić information content (AvgIpc) is 2.40. The smallest absolute Gasteiger partial charge is 0.0454 e. The Morgan fingerprint density at radius 3 is 2.47 bits per heavy atom. The molecule has 0 bridgehead atoms. The summed E-state index contributed by atoms with van der Waals surface area (Å²) < 4.78 is 0. The minimum absolute atomic E-state index is 0.252. The van der Waals surface area contributed by atoms with Crippen LogP contribution in [-0.4, -0.2) is 6.54 Å². The van der Waals surface area contributed by atoms with Crippen LogP contribution in [-0.2, 0) is 0 Å². The summed E-state index contributed by atoms with van der Waals surface area (Å²) in [6, 6.07) is 5.89. The molecule has 0 spiro atoms. The molecule has 0 fully saturated rings. The Labute approximate surface area is 127 Å². The van der Waals surface area contributed by atoms with E-state index in [1.165, 1.54) is 38.5 Å². The third-order valence-electron chi connectivity index (χ3n) is 3.41. The van der Waals surface area contributed by atoms with Gasteiger partial charge in [0.2, 0.25) is 0 Å². The van der Waals surface area contributed by atoms with Crippen LogP contribution in [0.3, 0.4) is 0 Å². The first-order chi connectivity index (χ1) is 9.15. The first-order valence-electron chi connectivity index (χ1n) is 7.33. The quantitative estimate of drug-likeness (QED) is 0.551. The van der Waals surface area contributed by atoms with Crippen molar-refractivity contribution in [2.24, 2.45) is 0 Å². The first kappa shape index (κ1) is 16.8. The van der Waals surface area contributed by atoms with Gasteiger partial charge in [0.25, 0.3) is 0 Å². The molecule has 1 rings (SSSR count). The molecule has 0 aliphatic carbocycles. The number of rotatable bonds is 9. The van der Waals surface area contributed by atoms with Crippen LogP contribution in [0.5, 0.6) is 0 Å². The molecule has 0 radical (unpaired) electrons. The lowest BCUT2D eigenvalue weighted by Crippen LogP contribution is -2.20. The summed E-state index contributed by atoms with van der Waals surface area (Å²) in [5.74, 6) is 0. The van der Waals surface area contributed by atoms with E-state index in [1.54, 1.807) is 0 Å². The monoisotopic (exact) mass is 301 g/mol. The Morgan fingerprint density at radius 1 is 1.05 bits per heavy atom. The molecule has 0 aliphatic rings. The lowest BCUT2D eigenvalue weighted by molar-refractivity contribution is 0.527. The second-order valence-electron chi connectivity index (χ2n) is 5.11. The van der Waals surface area contributed by atoms with Crippen molar-refractivity contribution in [2.75, 3.05) is 6.54 Å². The maximum absolute atomic E-state index is 6.19. The van der Waals surface area contributed by atoms with E-state index in [4.69, 9.17) is 23.2 Å². The fourth-order valence-corrected chi connectivity index (χ4v) is 2.64. The van der Waals surface area contributed by atoms with Crippen molar-refractivity contribution >= 4 is 23.2 Å². The summed E-state index contributed by atoms with van der Waals surface area (Å²) in [6.07, 6.45) is 7.92. The SMILES string of the molecule is CCCCCCCCNC(C)c1cc(Cl)ccc1Cl. The number of unbranched alkanes of at least 4 members (excludes halogenated alkanes) is 5. The van der Waals surface area contributed by atoms with Crippen LogP contribution >= 0.6 is 23.2 Å². The maximum Gasteiger partial charge on any atom is 0.0454 e. The van der Waals surface area contributed by atoms with Gasteiger partial charge in [-0.1, -0.05) is 62.2 Å². The molecule has 0 heterocycles. The van der Waals surface area contributed by atoms with Crippen LogP contribution in [0, 0.1) is 0 Å². The Hall–Kier alpha value is -0.240. The lowest BCUT2D eigenvalue weighted by atomic mass is 10.1. The predicted octanol–water partition coefficient (Wildman–Crippen LogP) is 6.00. The van der Waals surface area contributed by atoms with Gasteiger partial charge in [-0.3, -0.25) is 0 Å². The van der Waals surface area contributed by atoms with E-state index >= 15 is 0 Å². The van der Waals surface area contributed by atoms with Crippen molar-refractivity contribution in [3.63, 3.8) is 0 Å². The van der Waals surface area contributed by atoms with Crippen molar-refractivity contribution < 1.29 is 0 Å². The Kier molecular flexibility index (Phi) is 8.52. The van der Waals surface area contributed by atoms with Gasteiger partial charge >= 0.3 is 0 Å². The van der Waals surface area contributed by atoms with E-state index in [1.807, 2.05) is 18.2 Å². The van der Waals surface area contributed by atoms with Gasteiger partial charge in [-0.05, 0) is 43.7 Å². The molecule has 0 aliphatic heterocycles. The molecule has 1 aromatic rings. The Bertz CT molecular complexity index is 366. The molecule has 1 N–H and O–H groups in total. The van der Waals surface area contributed by atoms with E-state index in [-0.39, 0.29) is 6.04 Å². The molecule has 0 aromatic heterocycles. The van der Waals surface area contributed by atoms with E-state index in [9.17, 15) is 0 Å². The summed E-state index contributed by atoms with van der Waals surface area (Å²) >= 11 is 12.2. The van der Waals surface area contributed by atoms with Gasteiger partial charge in [0.15, 0.2) is 0 Å². The number of benzene rings is 1. The molecule has 1 aromatic carbocycles. The summed E-state index contributed by atoms with van der Waals surface area (Å²) in [5.41, 5.74) is 1.08. The normalized spacial score (nSPS) is 12.6. The molecule has 0 saturated carbocycles. The van der Waals surface area contributed by atoms with Gasteiger partial charge < -0.3 is 5.32 Å². The van der Waals surface area contributed by atoms with E-state index < -0.39 is 0 Å². The number of hydrogen-bond acceptors (Lipinski definition) is 1. The number of hydrogen-bond donors (Lipinski definition) is 1. The Balaban J connectivity index is 2.23. The molecule has 19 heavy (non-hydrogen) atoms. The van der Waals surface area contributed by atoms with E-state index in [0.29, 0.717) is 0 Å². The van der Waals surface area contributed by atoms with Crippen LogP contribution in [0.2, 0.25) is 10.0 Å². The van der Waals surface area contributed by atoms with Crippen molar-refractivity contribution in [1.29, 1.82) is 0 Å². The van der Waals surface area contributed by atoms with Gasteiger partial charge in [-0.25, -0.2) is 0 Å². The van der Waals surface area contributed by atoms with E-state index in [0.717, 1.165) is 22.2 Å². The third-order valence-corrected chi connectivity index (χ3v) is 3.98. The highest BCUT2D eigenvalue weighted by molar-refractivity contribution is 6.33. The fraction of sp³-hybridized carbons (Fsp3) is 0.625. The second kappa shape index (κ2) is 9.63. The second-order valence-corrected chi connectivity index (χ2v) is 5.95. The summed E-state index contributed by atoms with van der Waals surface area (Å²) in [4.78, 5) is 0. The van der Waals surface area contributed by atoms with Crippen LogP contribution in [0.25, 0.3) is 0 Å². The molecule has 1 nitrogen and oxygen atoms in total. The zero-order chi connectivity index (χ0) is 14.1. The van der Waals surface area contributed by atoms with Gasteiger partial charge in [0, 0.05) is 16.1 Å². The molecule has 0 amide bonds. The molecule has 1 atom stereocenters. The minimum Gasteiger partial charge on any atom is -0.310 e. The average molecular weight is 302 g/mol. The first-order valence-corrected chi connectivity index (χ1v) is 8.09.